The van der Waals surface area contributed by atoms with Crippen LogP contribution in [0.4, 0.5) is 5.69 Å². The van der Waals surface area contributed by atoms with Gasteiger partial charge >= 0.3 is 5.97 Å². The molecule has 0 amide bonds. The van der Waals surface area contributed by atoms with Crippen molar-refractivity contribution in [2.75, 3.05) is 6.61 Å². The van der Waals surface area contributed by atoms with Gasteiger partial charge in [0, 0.05) is 33.1 Å². The molecule has 0 aliphatic carbocycles. The molecule has 0 N–H and O–H groups in total. The quantitative estimate of drug-likeness (QED) is 0.0780. The van der Waals surface area contributed by atoms with Crippen molar-refractivity contribution in [2.24, 2.45) is 0 Å². The lowest BCUT2D eigenvalue weighted by Gasteiger charge is -2.12. The second-order valence-electron chi connectivity index (χ2n) is 8.92. The fourth-order valence-electron chi connectivity index (χ4n) is 4.16. The molecule has 0 atom stereocenters. The molecule has 198 valence electrons. The monoisotopic (exact) mass is 596 g/mol. The fraction of sp³-hybridized carbons (Fsp3) is 0.0645. The Morgan fingerprint density at radius 3 is 2.20 bits per heavy atom. The molecule has 1 heterocycles. The van der Waals surface area contributed by atoms with Crippen molar-refractivity contribution in [3.63, 3.8) is 0 Å². The number of aromatic nitrogens is 1. The summed E-state index contributed by atoms with van der Waals surface area (Å²) < 4.78 is 11.9. The number of nitrogens with zero attached hydrogens (tertiary/aromatic N) is 2. The van der Waals surface area contributed by atoms with E-state index in [9.17, 15) is 19.7 Å². The predicted octanol–water partition coefficient (Wildman–Crippen LogP) is 7.71. The van der Waals surface area contributed by atoms with E-state index in [0.717, 1.165) is 15.6 Å². The third-order valence-electron chi connectivity index (χ3n) is 6.15. The molecule has 5 aromatic rings. The lowest BCUT2D eigenvalue weighted by molar-refractivity contribution is -0.384. The van der Waals surface area contributed by atoms with Crippen LogP contribution in [-0.4, -0.2) is 28.3 Å². The molecule has 0 bridgehead atoms. The SMILES string of the molecule is Cc1cc(Br)cc2c(C(=O)OCC(=O)c3ccc(Oc4ccc([N+](=O)[O-])cc4)cc3)cc(-c3ccccc3)nc12. The molecule has 8 nitrogen and oxygen atoms in total. The molecule has 40 heavy (non-hydrogen) atoms. The van der Waals surface area contributed by atoms with Gasteiger partial charge in [0.05, 0.1) is 21.7 Å². The molecular formula is C31H21BrN2O6. The van der Waals surface area contributed by atoms with Gasteiger partial charge in [-0.25, -0.2) is 9.78 Å². The van der Waals surface area contributed by atoms with Crippen LogP contribution in [0.15, 0.2) is 102 Å². The molecule has 0 saturated heterocycles. The maximum Gasteiger partial charge on any atom is 0.339 e. The van der Waals surface area contributed by atoms with Crippen LogP contribution in [0.3, 0.4) is 0 Å². The van der Waals surface area contributed by atoms with E-state index in [1.165, 1.54) is 24.3 Å². The maximum absolute atomic E-state index is 13.2. The number of rotatable bonds is 8. The summed E-state index contributed by atoms with van der Waals surface area (Å²) >= 11 is 3.49. The number of aryl methyl sites for hydroxylation is 1. The Balaban J connectivity index is 1.31. The number of ketones is 1. The van der Waals surface area contributed by atoms with Gasteiger partial charge in [-0.3, -0.25) is 14.9 Å². The Kier molecular flexibility index (Phi) is 7.65. The summed E-state index contributed by atoms with van der Waals surface area (Å²) in [6.45, 7) is 1.47. The van der Waals surface area contributed by atoms with Gasteiger partial charge in [-0.15, -0.1) is 0 Å². The summed E-state index contributed by atoms with van der Waals surface area (Å²) in [5.41, 5.74) is 3.66. The summed E-state index contributed by atoms with van der Waals surface area (Å²) in [5, 5.41) is 11.4. The average Bonchev–Trinajstić information content (AvgIpc) is 2.96. The zero-order valence-corrected chi connectivity index (χ0v) is 22.8. The standard InChI is InChI=1S/C31H21BrN2O6/c1-19-15-22(32)16-26-27(17-28(33-30(19)26)20-5-3-2-4-6-20)31(36)39-18-29(35)21-7-11-24(12-8-21)40-25-13-9-23(10-14-25)34(37)38/h2-17H,18H2,1H3. The van der Waals surface area contributed by atoms with E-state index in [0.29, 0.717) is 39.2 Å². The number of non-ortho nitro benzene ring substituents is 1. The Hall–Kier alpha value is -4.89. The first kappa shape index (κ1) is 26.7. The fourth-order valence-corrected chi connectivity index (χ4v) is 4.73. The first-order valence-electron chi connectivity index (χ1n) is 12.2. The Bertz CT molecular complexity index is 1740. The molecule has 0 fully saturated rings. The van der Waals surface area contributed by atoms with Crippen molar-refractivity contribution in [3.05, 3.63) is 128 Å². The van der Waals surface area contributed by atoms with Gasteiger partial charge in [-0.2, -0.15) is 0 Å². The lowest BCUT2D eigenvalue weighted by Crippen LogP contribution is -2.15. The van der Waals surface area contributed by atoms with Gasteiger partial charge in [0.25, 0.3) is 5.69 Å². The number of halogens is 1. The van der Waals surface area contributed by atoms with E-state index in [-0.39, 0.29) is 11.5 Å². The number of hydrogen-bond donors (Lipinski definition) is 0. The number of benzene rings is 4. The van der Waals surface area contributed by atoms with Crippen molar-refractivity contribution in [1.82, 2.24) is 4.98 Å². The van der Waals surface area contributed by atoms with Gasteiger partial charge in [0.1, 0.15) is 11.5 Å². The van der Waals surface area contributed by atoms with Crippen LogP contribution in [0, 0.1) is 17.0 Å². The highest BCUT2D eigenvalue weighted by Gasteiger charge is 2.19. The molecule has 0 spiro atoms. The number of hydrogen-bond acceptors (Lipinski definition) is 7. The summed E-state index contributed by atoms with van der Waals surface area (Å²) in [4.78, 5) is 41.2. The van der Waals surface area contributed by atoms with E-state index in [1.807, 2.05) is 49.4 Å². The normalized spacial score (nSPS) is 10.8. The highest BCUT2D eigenvalue weighted by molar-refractivity contribution is 9.10. The van der Waals surface area contributed by atoms with Gasteiger partial charge < -0.3 is 9.47 Å². The molecule has 4 aromatic carbocycles. The van der Waals surface area contributed by atoms with Crippen LogP contribution >= 0.6 is 15.9 Å². The third kappa shape index (κ3) is 5.89. The number of nitro groups is 1. The number of carbonyl (C=O) groups excluding carboxylic acids is 2. The van der Waals surface area contributed by atoms with Crippen LogP contribution in [-0.2, 0) is 4.74 Å². The number of esters is 1. The molecule has 1 aromatic heterocycles. The summed E-state index contributed by atoms with van der Waals surface area (Å²) in [5.74, 6) is -0.150. The molecule has 0 saturated carbocycles. The smallest absolute Gasteiger partial charge is 0.339 e. The van der Waals surface area contributed by atoms with Gasteiger partial charge in [0.15, 0.2) is 12.4 Å². The Labute approximate surface area is 237 Å². The Morgan fingerprint density at radius 1 is 0.900 bits per heavy atom. The van der Waals surface area contributed by atoms with Crippen LogP contribution in [0.2, 0.25) is 0 Å². The van der Waals surface area contributed by atoms with Gasteiger partial charge in [-0.05, 0) is 67.1 Å². The van der Waals surface area contributed by atoms with Crippen LogP contribution in [0.1, 0.15) is 26.3 Å². The minimum absolute atomic E-state index is 0.0401. The van der Waals surface area contributed by atoms with E-state index in [4.69, 9.17) is 14.5 Å². The number of ether oxygens (including phenoxy) is 2. The molecule has 0 aliphatic heterocycles. The molecular weight excluding hydrogens is 576 g/mol. The van der Waals surface area contributed by atoms with Gasteiger partial charge in [0.2, 0.25) is 0 Å². The molecule has 0 radical (unpaired) electrons. The minimum Gasteiger partial charge on any atom is -0.457 e. The van der Waals surface area contributed by atoms with E-state index in [1.54, 1.807) is 30.3 Å². The zero-order chi connectivity index (χ0) is 28.2. The number of pyridine rings is 1. The number of nitro benzene ring substituents is 1. The zero-order valence-electron chi connectivity index (χ0n) is 21.2. The maximum atomic E-state index is 13.2. The molecule has 0 unspecified atom stereocenters. The second-order valence-corrected chi connectivity index (χ2v) is 9.83. The molecule has 5 rings (SSSR count). The predicted molar refractivity (Wildman–Crippen MR) is 154 cm³/mol. The summed E-state index contributed by atoms with van der Waals surface area (Å²) in [6, 6.07) is 26.9. The van der Waals surface area contributed by atoms with Crippen molar-refractivity contribution >= 4 is 44.3 Å². The van der Waals surface area contributed by atoms with Crippen molar-refractivity contribution in [2.45, 2.75) is 6.92 Å². The Morgan fingerprint density at radius 2 is 1.55 bits per heavy atom. The second kappa shape index (κ2) is 11.5. The van der Waals surface area contributed by atoms with Gasteiger partial charge in [-0.1, -0.05) is 46.3 Å². The number of carbonyl (C=O) groups is 2. The van der Waals surface area contributed by atoms with E-state index < -0.39 is 17.5 Å². The molecule has 0 aliphatic rings. The van der Waals surface area contributed by atoms with E-state index in [2.05, 4.69) is 15.9 Å². The van der Waals surface area contributed by atoms with Crippen LogP contribution in [0.5, 0.6) is 11.5 Å². The lowest BCUT2D eigenvalue weighted by atomic mass is 10.0. The van der Waals surface area contributed by atoms with Crippen LogP contribution in [0.25, 0.3) is 22.2 Å². The largest absolute Gasteiger partial charge is 0.457 e. The first-order chi connectivity index (χ1) is 19.3. The van der Waals surface area contributed by atoms with Crippen molar-refractivity contribution < 1.29 is 24.0 Å². The van der Waals surface area contributed by atoms with Crippen molar-refractivity contribution in [1.29, 1.82) is 0 Å². The minimum atomic E-state index is -0.631. The summed E-state index contributed by atoms with van der Waals surface area (Å²) in [6.07, 6.45) is 0. The summed E-state index contributed by atoms with van der Waals surface area (Å²) in [7, 11) is 0. The third-order valence-corrected chi connectivity index (χ3v) is 6.61. The van der Waals surface area contributed by atoms with Crippen LogP contribution < -0.4 is 4.74 Å². The van der Waals surface area contributed by atoms with E-state index >= 15 is 0 Å². The number of Topliss-reactive ketones (excluding diaryl/α,β-unsaturated/α-hetero) is 1. The van der Waals surface area contributed by atoms with Crippen molar-refractivity contribution in [3.8, 4) is 22.8 Å². The highest BCUT2D eigenvalue weighted by Crippen LogP contribution is 2.30. The molecule has 9 heteroatoms. The average molecular weight is 597 g/mol. The number of fused-ring (bicyclic) bond motifs is 1. The topological polar surface area (TPSA) is 109 Å². The first-order valence-corrected chi connectivity index (χ1v) is 13.0. The highest BCUT2D eigenvalue weighted by atomic mass is 79.9.